The number of rotatable bonds is 13. The normalized spacial score (nSPS) is 11.7. The number of nitrogens with one attached hydrogen (secondary N) is 2. The lowest BCUT2D eigenvalue weighted by Gasteiger charge is -2.27. The van der Waals surface area contributed by atoms with Crippen LogP contribution >= 0.6 is 36.1 Å². The van der Waals surface area contributed by atoms with Gasteiger partial charge in [0.15, 0.2) is 24.6 Å². The van der Waals surface area contributed by atoms with E-state index in [4.69, 9.17) is 9.97 Å². The Labute approximate surface area is 372 Å². The smallest absolute Gasteiger partial charge is 0.211 e. The van der Waals surface area contributed by atoms with Crippen LogP contribution in [-0.4, -0.2) is 19.9 Å². The van der Waals surface area contributed by atoms with Gasteiger partial charge in [0.25, 0.3) is 0 Å². The summed E-state index contributed by atoms with van der Waals surface area (Å²) in [6.07, 6.45) is 0. The van der Waals surface area contributed by atoms with Crippen molar-refractivity contribution >= 4 is 78.8 Å². The van der Waals surface area contributed by atoms with Crippen molar-refractivity contribution < 1.29 is 0 Å². The van der Waals surface area contributed by atoms with Crippen LogP contribution in [-0.2, 0) is 0 Å². The molecular weight excluding hydrogens is 831 g/mol. The average Bonchev–Trinajstić information content (AvgIpc) is 4.00. The van der Waals surface area contributed by atoms with Gasteiger partial charge in [0.05, 0.1) is 0 Å². The van der Waals surface area contributed by atoms with Crippen LogP contribution in [0.5, 0.6) is 0 Å². The van der Waals surface area contributed by atoms with Gasteiger partial charge in [0.1, 0.15) is 43.5 Å². The molecule has 2 heterocycles. The third-order valence-corrected chi connectivity index (χ3v) is 22.0. The van der Waals surface area contributed by atoms with E-state index in [2.05, 4.69) is 253 Å². The van der Waals surface area contributed by atoms with Crippen LogP contribution in [0.4, 0.5) is 0 Å². The summed E-state index contributed by atoms with van der Waals surface area (Å²) in [4.78, 5) is 19.1. The molecule has 8 heteroatoms. The molecule has 0 aliphatic rings. The summed E-state index contributed by atoms with van der Waals surface area (Å²) in [6, 6.07) is 86.9. The van der Waals surface area contributed by atoms with Gasteiger partial charge in [0.2, 0.25) is 10.9 Å². The molecule has 0 saturated heterocycles. The largest absolute Gasteiger partial charge is 0.307 e. The lowest BCUT2D eigenvalue weighted by molar-refractivity contribution is 1.21. The number of hydrogen-bond acceptors (Lipinski definition) is 4. The minimum absolute atomic E-state index is 0.836. The average molecular weight is 873 g/mol. The van der Waals surface area contributed by atoms with E-state index in [-0.39, 0.29) is 0 Å². The van der Waals surface area contributed by atoms with E-state index in [1.54, 1.807) is 21.6 Å². The second kappa shape index (κ2) is 18.0. The van der Waals surface area contributed by atoms with Crippen LogP contribution in [0.2, 0.25) is 0 Å². The third-order valence-electron chi connectivity index (χ3n) is 11.1. The van der Waals surface area contributed by atoms with Crippen molar-refractivity contribution in [3.8, 4) is 22.8 Å². The summed E-state index contributed by atoms with van der Waals surface area (Å²) in [5, 5.41) is 9.36. The maximum atomic E-state index is 5.55. The molecular formula is C54H42N4P2S2+2. The van der Waals surface area contributed by atoms with Gasteiger partial charge >= 0.3 is 0 Å². The van der Waals surface area contributed by atoms with Gasteiger partial charge in [-0.1, -0.05) is 170 Å². The second-order valence-corrected chi connectivity index (χ2v) is 23.5. The maximum absolute atomic E-state index is 5.55. The Morgan fingerprint density at radius 3 is 0.710 bits per heavy atom. The lowest BCUT2D eigenvalue weighted by Crippen LogP contribution is -2.40. The molecule has 10 rings (SSSR count). The van der Waals surface area contributed by atoms with Crippen molar-refractivity contribution in [1.29, 1.82) is 0 Å². The van der Waals surface area contributed by atoms with Crippen molar-refractivity contribution in [2.24, 2.45) is 0 Å². The number of nitrogens with zero attached hydrogens (tertiary/aromatic N) is 2. The van der Waals surface area contributed by atoms with Gasteiger partial charge in [-0.25, -0.2) is 9.97 Å². The van der Waals surface area contributed by atoms with Crippen LogP contribution < -0.4 is 42.7 Å². The molecule has 2 N–H and O–H groups in total. The molecule has 2 aromatic heterocycles. The van der Waals surface area contributed by atoms with E-state index in [9.17, 15) is 0 Å². The van der Waals surface area contributed by atoms with E-state index < -0.39 is 14.5 Å². The molecule has 62 heavy (non-hydrogen) atoms. The maximum Gasteiger partial charge on any atom is 0.211 e. The van der Waals surface area contributed by atoms with Crippen LogP contribution in [0.3, 0.4) is 0 Å². The SMILES string of the molecule is c1ccc(-c2nc(SSc3nc(-c4ccccc4)[nH]c3[P+](c3ccccc3)(c3ccccc3)c3ccccc3)c([P+](c3ccccc3)(c3ccccc3)c3ccccc3)[nH]2)cc1. The van der Waals surface area contributed by atoms with Crippen molar-refractivity contribution in [1.82, 2.24) is 19.9 Å². The minimum atomic E-state index is -2.57. The van der Waals surface area contributed by atoms with E-state index in [1.165, 1.54) is 31.8 Å². The zero-order valence-electron chi connectivity index (χ0n) is 33.7. The van der Waals surface area contributed by atoms with Crippen molar-refractivity contribution in [2.45, 2.75) is 10.1 Å². The highest BCUT2D eigenvalue weighted by Crippen LogP contribution is 2.59. The minimum Gasteiger partial charge on any atom is -0.307 e. The molecule has 0 saturated carbocycles. The Balaban J connectivity index is 1.23. The van der Waals surface area contributed by atoms with Gasteiger partial charge in [-0.3, -0.25) is 0 Å². The molecule has 298 valence electrons. The van der Waals surface area contributed by atoms with E-state index >= 15 is 0 Å². The molecule has 0 atom stereocenters. The first-order chi connectivity index (χ1) is 30.8. The Morgan fingerprint density at radius 1 is 0.274 bits per heavy atom. The molecule has 0 radical (unpaired) electrons. The lowest BCUT2D eigenvalue weighted by atomic mass is 10.2. The first kappa shape index (κ1) is 39.9. The van der Waals surface area contributed by atoms with E-state index in [0.29, 0.717) is 0 Å². The number of imidazole rings is 2. The zero-order chi connectivity index (χ0) is 41.6. The molecule has 0 aliphatic heterocycles. The summed E-state index contributed by atoms with van der Waals surface area (Å²) < 4.78 is 0. The first-order valence-electron chi connectivity index (χ1n) is 20.5. The van der Waals surface area contributed by atoms with Crippen LogP contribution in [0.1, 0.15) is 0 Å². The molecule has 0 bridgehead atoms. The Bertz CT molecular complexity index is 2590. The molecule has 0 amide bonds. The quantitative estimate of drug-likeness (QED) is 0.0895. The number of hydrogen-bond donors (Lipinski definition) is 2. The van der Waals surface area contributed by atoms with Crippen molar-refractivity contribution in [3.63, 3.8) is 0 Å². The predicted molar refractivity (Wildman–Crippen MR) is 269 cm³/mol. The van der Waals surface area contributed by atoms with E-state index in [1.807, 2.05) is 0 Å². The Morgan fingerprint density at radius 2 is 0.484 bits per heavy atom. The highest BCUT2D eigenvalue weighted by molar-refractivity contribution is 8.76. The van der Waals surface area contributed by atoms with Crippen LogP contribution in [0.25, 0.3) is 22.8 Å². The number of aromatic nitrogens is 4. The summed E-state index contributed by atoms with van der Waals surface area (Å²) in [7, 11) is -1.76. The van der Waals surface area contributed by atoms with Gasteiger partial charge in [-0.15, -0.1) is 0 Å². The Kier molecular flexibility index (Phi) is 11.6. The van der Waals surface area contributed by atoms with Crippen molar-refractivity contribution in [2.75, 3.05) is 0 Å². The highest BCUT2D eigenvalue weighted by Gasteiger charge is 2.54. The number of benzene rings is 8. The van der Waals surface area contributed by atoms with Crippen LogP contribution in [0, 0.1) is 0 Å². The predicted octanol–water partition coefficient (Wildman–Crippen LogP) is 10.5. The molecule has 0 fully saturated rings. The number of H-pyrrole nitrogens is 2. The summed E-state index contributed by atoms with van der Waals surface area (Å²) in [5.41, 5.74) is 4.28. The highest BCUT2D eigenvalue weighted by atomic mass is 33.1. The fourth-order valence-corrected chi connectivity index (χ4v) is 20.0. The monoisotopic (exact) mass is 872 g/mol. The molecule has 10 aromatic rings. The molecule has 0 aliphatic carbocycles. The van der Waals surface area contributed by atoms with Gasteiger partial charge in [0, 0.05) is 11.1 Å². The summed E-state index contributed by atoms with van der Waals surface area (Å²) in [5.74, 6) is 1.67. The fraction of sp³-hybridized carbons (Fsp3) is 0. The first-order valence-corrected chi connectivity index (χ1v) is 26.3. The second-order valence-electron chi connectivity index (χ2n) is 14.7. The third kappa shape index (κ3) is 7.34. The molecule has 0 spiro atoms. The topological polar surface area (TPSA) is 57.4 Å². The van der Waals surface area contributed by atoms with Gasteiger partial charge < -0.3 is 9.97 Å². The van der Waals surface area contributed by atoms with Gasteiger partial charge in [-0.05, 0) is 94.4 Å². The standard InChI is InChI=1S/C54H42N4P2S2/c1-9-25-41(26-10-1)49-55-51(59(43-29-13-3-14-30-43,44-31-15-4-16-32-44)45-33-17-5-18-34-45)53(57-49)61-62-54-52(56-50(58-54)42-27-11-2-12-28-42)60(46-35-19-6-20-36-46,47-37-21-7-22-38-47)48-39-23-8-24-40-48/h1-40H,(H,55,57)(H,56,58)/q+2. The van der Waals surface area contributed by atoms with E-state index in [0.717, 1.165) is 43.7 Å². The molecule has 8 aromatic carbocycles. The molecule has 4 nitrogen and oxygen atoms in total. The molecule has 0 unspecified atom stereocenters. The van der Waals surface area contributed by atoms with Crippen LogP contribution in [0.15, 0.2) is 253 Å². The van der Waals surface area contributed by atoms with Crippen molar-refractivity contribution in [3.05, 3.63) is 243 Å². The number of aromatic amines is 2. The Hall–Kier alpha value is -6.26. The summed E-state index contributed by atoms with van der Waals surface area (Å²) in [6.45, 7) is 0. The summed E-state index contributed by atoms with van der Waals surface area (Å²) >= 11 is 0. The van der Waals surface area contributed by atoms with Gasteiger partial charge in [-0.2, -0.15) is 0 Å². The fourth-order valence-electron chi connectivity index (χ4n) is 8.39. The zero-order valence-corrected chi connectivity index (χ0v) is 37.1.